The molecule has 0 aliphatic rings. The maximum atomic E-state index is 12.1. The molecule has 1 amide bonds. The number of aromatic amines is 2. The number of carbonyl (C=O) groups is 1. The lowest BCUT2D eigenvalue weighted by Gasteiger charge is -2.26. The highest BCUT2D eigenvalue weighted by Crippen LogP contribution is 2.27. The van der Waals surface area contributed by atoms with Crippen molar-refractivity contribution in [1.82, 2.24) is 9.97 Å². The molecule has 0 aliphatic heterocycles. The molecule has 0 saturated carbocycles. The van der Waals surface area contributed by atoms with Crippen molar-refractivity contribution in [3.8, 4) is 0 Å². The van der Waals surface area contributed by atoms with Crippen molar-refractivity contribution in [3.63, 3.8) is 0 Å². The number of amides is 1. The number of nitrogens with one attached hydrogen (secondary N) is 3. The van der Waals surface area contributed by atoms with Crippen LogP contribution in [0.15, 0.2) is 21.4 Å². The molecule has 0 bridgehead atoms. The number of nitrogens with two attached hydrogens (primary N) is 1. The minimum Gasteiger partial charge on any atom is -0.324 e. The molecule has 0 aliphatic carbocycles. The maximum Gasteiger partial charge on any atom is 0.323 e. The van der Waals surface area contributed by atoms with Crippen LogP contribution in [0.25, 0.3) is 11.0 Å². The van der Waals surface area contributed by atoms with Gasteiger partial charge in [-0.2, -0.15) is 0 Å². The fourth-order valence-corrected chi connectivity index (χ4v) is 2.20. The van der Waals surface area contributed by atoms with Crippen molar-refractivity contribution in [2.45, 2.75) is 26.8 Å². The summed E-state index contributed by atoms with van der Waals surface area (Å²) in [6, 6.07) is 2.78. The third-order valence-electron chi connectivity index (χ3n) is 3.08. The molecule has 2 rings (SSSR count). The Balaban J connectivity index is 2.32. The summed E-state index contributed by atoms with van der Waals surface area (Å²) in [6.07, 6.45) is 0. The molecule has 1 heterocycles. The Bertz CT molecular complexity index is 711. The van der Waals surface area contributed by atoms with E-state index in [0.29, 0.717) is 21.2 Å². The highest BCUT2D eigenvalue weighted by Gasteiger charge is 2.27. The second-order valence-electron chi connectivity index (χ2n) is 5.79. The van der Waals surface area contributed by atoms with E-state index in [9.17, 15) is 9.59 Å². The van der Waals surface area contributed by atoms with Crippen LogP contribution in [0.3, 0.4) is 0 Å². The fourth-order valence-electron chi connectivity index (χ4n) is 1.76. The molecule has 1 atom stereocenters. The molecule has 0 fully saturated rings. The van der Waals surface area contributed by atoms with E-state index >= 15 is 0 Å². The van der Waals surface area contributed by atoms with E-state index in [-0.39, 0.29) is 17.0 Å². The number of halogens is 1. The molecule has 1 aromatic heterocycles. The minimum atomic E-state index is -0.629. The topological polar surface area (TPSA) is 104 Å². The predicted octanol–water partition coefficient (Wildman–Crippen LogP) is 1.93. The summed E-state index contributed by atoms with van der Waals surface area (Å²) in [6.45, 7) is 5.71. The smallest absolute Gasteiger partial charge is 0.323 e. The summed E-state index contributed by atoms with van der Waals surface area (Å²) in [5, 5.41) is 2.77. The first-order valence-electron chi connectivity index (χ1n) is 6.16. The Hall–Kier alpha value is -1.60. The average molecular weight is 341 g/mol. The molecule has 0 radical (unpaired) electrons. The molecule has 20 heavy (non-hydrogen) atoms. The van der Waals surface area contributed by atoms with Gasteiger partial charge in [0.2, 0.25) is 5.91 Å². The zero-order valence-electron chi connectivity index (χ0n) is 11.5. The van der Waals surface area contributed by atoms with Crippen molar-refractivity contribution in [2.75, 3.05) is 5.32 Å². The quantitative estimate of drug-likeness (QED) is 0.671. The van der Waals surface area contributed by atoms with E-state index < -0.39 is 6.04 Å². The van der Waals surface area contributed by atoms with Crippen molar-refractivity contribution >= 4 is 38.6 Å². The molecular weight excluding hydrogens is 324 g/mol. The Kier molecular flexibility index (Phi) is 3.75. The van der Waals surface area contributed by atoms with Gasteiger partial charge in [-0.05, 0) is 33.5 Å². The van der Waals surface area contributed by atoms with Gasteiger partial charge in [-0.15, -0.1) is 0 Å². The van der Waals surface area contributed by atoms with Crippen LogP contribution in [0.1, 0.15) is 20.8 Å². The van der Waals surface area contributed by atoms with Gasteiger partial charge in [-0.1, -0.05) is 20.8 Å². The molecule has 0 saturated heterocycles. The van der Waals surface area contributed by atoms with Crippen molar-refractivity contribution in [3.05, 3.63) is 27.1 Å². The lowest BCUT2D eigenvalue weighted by atomic mass is 9.87. The summed E-state index contributed by atoms with van der Waals surface area (Å²) in [5.41, 5.74) is 7.15. The highest BCUT2D eigenvalue weighted by molar-refractivity contribution is 9.10. The third-order valence-corrected chi connectivity index (χ3v) is 3.73. The molecular formula is C13H17BrN4O2. The molecule has 108 valence electrons. The standard InChI is InChI=1S/C13H17BrN4O2/c1-13(2,3)10(15)11(19)16-7-5-9-8(4-6(7)14)17-12(20)18-9/h4-5,10H,15H2,1-3H3,(H,16,19)(H2,17,18,20)/t10-/m1/s1. The van der Waals surface area contributed by atoms with Crippen LogP contribution < -0.4 is 16.7 Å². The minimum absolute atomic E-state index is 0.268. The van der Waals surface area contributed by atoms with Crippen molar-refractivity contribution < 1.29 is 4.79 Å². The Morgan fingerprint density at radius 1 is 1.30 bits per heavy atom. The number of hydrogen-bond acceptors (Lipinski definition) is 3. The average Bonchev–Trinajstić information content (AvgIpc) is 2.66. The molecule has 0 unspecified atom stereocenters. The molecule has 6 nitrogen and oxygen atoms in total. The van der Waals surface area contributed by atoms with Gasteiger partial charge in [-0.3, -0.25) is 4.79 Å². The van der Waals surface area contributed by atoms with Crippen LogP contribution in [0, 0.1) is 5.41 Å². The maximum absolute atomic E-state index is 12.1. The SMILES string of the molecule is CC(C)(C)[C@H](N)C(=O)Nc1cc2[nH]c(=O)[nH]c2cc1Br. The number of fused-ring (bicyclic) bond motifs is 1. The summed E-state index contributed by atoms with van der Waals surface area (Å²) >= 11 is 3.36. The van der Waals surface area contributed by atoms with Crippen molar-refractivity contribution in [2.24, 2.45) is 11.1 Å². The number of anilines is 1. The van der Waals surface area contributed by atoms with E-state index in [2.05, 4.69) is 31.2 Å². The number of H-pyrrole nitrogens is 2. The van der Waals surface area contributed by atoms with Gasteiger partial charge in [0.15, 0.2) is 0 Å². The Morgan fingerprint density at radius 2 is 1.85 bits per heavy atom. The summed E-state index contributed by atoms with van der Waals surface area (Å²) in [4.78, 5) is 28.6. The lowest BCUT2D eigenvalue weighted by Crippen LogP contribution is -2.45. The summed E-state index contributed by atoms with van der Waals surface area (Å²) in [5.74, 6) is -0.268. The molecule has 1 aromatic carbocycles. The van der Waals surface area contributed by atoms with Crippen LogP contribution in [0.2, 0.25) is 0 Å². The van der Waals surface area contributed by atoms with E-state index in [4.69, 9.17) is 5.73 Å². The van der Waals surface area contributed by atoms with Gasteiger partial charge >= 0.3 is 5.69 Å². The fraction of sp³-hybridized carbons (Fsp3) is 0.385. The monoisotopic (exact) mass is 340 g/mol. The van der Waals surface area contributed by atoms with Gasteiger partial charge in [0.05, 0.1) is 22.8 Å². The Morgan fingerprint density at radius 3 is 2.40 bits per heavy atom. The van der Waals surface area contributed by atoms with Crippen LogP contribution in [-0.4, -0.2) is 21.9 Å². The second kappa shape index (κ2) is 5.06. The van der Waals surface area contributed by atoms with Crippen LogP contribution in [-0.2, 0) is 4.79 Å². The van der Waals surface area contributed by atoms with Gasteiger partial charge in [0, 0.05) is 4.47 Å². The van der Waals surface area contributed by atoms with Crippen LogP contribution in [0.5, 0.6) is 0 Å². The zero-order valence-corrected chi connectivity index (χ0v) is 13.1. The van der Waals surface area contributed by atoms with Gasteiger partial charge in [0.1, 0.15) is 0 Å². The van der Waals surface area contributed by atoms with E-state index in [1.807, 2.05) is 20.8 Å². The van der Waals surface area contributed by atoms with E-state index in [0.717, 1.165) is 0 Å². The van der Waals surface area contributed by atoms with E-state index in [1.165, 1.54) is 0 Å². The Labute approximate surface area is 124 Å². The number of aromatic nitrogens is 2. The molecule has 0 spiro atoms. The third kappa shape index (κ3) is 2.94. The van der Waals surface area contributed by atoms with Gasteiger partial charge in [0.25, 0.3) is 0 Å². The molecule has 7 heteroatoms. The summed E-state index contributed by atoms with van der Waals surface area (Å²) < 4.78 is 0.676. The first kappa shape index (κ1) is 14.8. The van der Waals surface area contributed by atoms with Crippen molar-refractivity contribution in [1.29, 1.82) is 0 Å². The number of benzene rings is 1. The highest BCUT2D eigenvalue weighted by atomic mass is 79.9. The first-order valence-corrected chi connectivity index (χ1v) is 6.96. The number of hydrogen-bond donors (Lipinski definition) is 4. The molecule has 5 N–H and O–H groups in total. The number of imidazole rings is 1. The van der Waals surface area contributed by atoms with Gasteiger partial charge in [-0.25, -0.2) is 4.79 Å². The lowest BCUT2D eigenvalue weighted by molar-refractivity contribution is -0.119. The van der Waals surface area contributed by atoms with Crippen LogP contribution >= 0.6 is 15.9 Å². The normalized spacial score (nSPS) is 13.4. The number of carbonyl (C=O) groups excluding carboxylic acids is 1. The molecule has 2 aromatic rings. The zero-order chi connectivity index (χ0) is 15.1. The van der Waals surface area contributed by atoms with Crippen LogP contribution in [0.4, 0.5) is 5.69 Å². The largest absolute Gasteiger partial charge is 0.324 e. The second-order valence-corrected chi connectivity index (χ2v) is 6.64. The first-order chi connectivity index (χ1) is 9.18. The summed E-state index contributed by atoms with van der Waals surface area (Å²) in [7, 11) is 0. The van der Waals surface area contributed by atoms with Gasteiger partial charge < -0.3 is 21.0 Å². The predicted molar refractivity (Wildman–Crippen MR) is 82.7 cm³/mol. The number of rotatable bonds is 2. The van der Waals surface area contributed by atoms with E-state index in [1.54, 1.807) is 12.1 Å².